The van der Waals surface area contributed by atoms with Crippen molar-refractivity contribution in [3.8, 4) is 34.1 Å². The molecule has 0 spiro atoms. The van der Waals surface area contributed by atoms with Crippen molar-refractivity contribution < 1.29 is 30.2 Å². The number of hydrogen-bond acceptors (Lipinski definition) is 5. The molecule has 9 aromatic rings. The molecule has 6 heteroatoms. The monoisotopic (exact) mass is 903 g/mol. The number of furan rings is 1. The summed E-state index contributed by atoms with van der Waals surface area (Å²) in [6.07, 6.45) is 3.74. The van der Waals surface area contributed by atoms with Gasteiger partial charge in [0.1, 0.15) is 5.58 Å². The number of hydrogen-bond donors (Lipinski definition) is 0. The third kappa shape index (κ3) is 6.96. The second-order valence-corrected chi connectivity index (χ2v) is 17.6. The van der Waals surface area contributed by atoms with Gasteiger partial charge in [0.2, 0.25) is 5.88 Å². The zero-order chi connectivity index (χ0) is 36.5. The van der Waals surface area contributed by atoms with Crippen molar-refractivity contribution in [3.63, 3.8) is 0 Å². The van der Waals surface area contributed by atoms with Crippen LogP contribution in [0.4, 0.5) is 0 Å². The van der Waals surface area contributed by atoms with E-state index in [0.717, 1.165) is 78.2 Å². The number of rotatable bonds is 6. The van der Waals surface area contributed by atoms with E-state index in [2.05, 4.69) is 125 Å². The molecule has 0 fully saturated rings. The molecule has 0 saturated carbocycles. The Hall–Kier alpha value is -4.83. The largest absolute Gasteiger partial charge is 2.00 e. The van der Waals surface area contributed by atoms with Crippen LogP contribution in [0.1, 0.15) is 52.7 Å². The van der Waals surface area contributed by atoms with Gasteiger partial charge in [-0.25, -0.2) is 0 Å². The smallest absolute Gasteiger partial charge is 0.491 e. The summed E-state index contributed by atoms with van der Waals surface area (Å²) in [5.74, 6) is 1.05. The Kier molecular flexibility index (Phi) is 9.23. The first-order valence-electron chi connectivity index (χ1n) is 18.2. The zero-order valence-corrected chi connectivity index (χ0v) is 34.3. The second-order valence-electron chi connectivity index (χ2n) is 16.5. The number of fused-ring (bicyclic) bond motifs is 8. The topological polar surface area (TPSA) is 48.2 Å². The third-order valence-corrected chi connectivity index (χ3v) is 10.7. The maximum Gasteiger partial charge on any atom is 2.00 e. The third-order valence-electron chi connectivity index (χ3n) is 9.56. The number of benzene rings is 5. The molecule has 0 aliphatic carbocycles. The zero-order valence-electron chi connectivity index (χ0n) is 31.2. The van der Waals surface area contributed by atoms with Gasteiger partial charge in [-0.2, -0.15) is 0 Å². The van der Waals surface area contributed by atoms with Crippen LogP contribution in [-0.4, -0.2) is 9.97 Å². The number of ether oxygens (including phenoxy) is 1. The van der Waals surface area contributed by atoms with Gasteiger partial charge in [0.15, 0.2) is 0 Å². The first-order chi connectivity index (χ1) is 25.5. The van der Waals surface area contributed by atoms with Crippen LogP contribution in [0.5, 0.6) is 11.6 Å². The summed E-state index contributed by atoms with van der Waals surface area (Å²) in [6, 6.07) is 43.0. The maximum absolute atomic E-state index is 6.90. The predicted octanol–water partition coefficient (Wildman–Crippen LogP) is 13.8. The molecular weight excluding hydrogens is 864 g/mol. The summed E-state index contributed by atoms with van der Waals surface area (Å²) >= 11 is 1.77. The summed E-state index contributed by atoms with van der Waals surface area (Å²) in [6.45, 7) is 13.7. The minimum atomic E-state index is 0. The molecule has 54 heavy (non-hydrogen) atoms. The SMILES string of the molecule is CC(C)(C)Cc1ccc2c(c1)oc1c(-c3nc(Oc4[c-]c(-c5ccccn5)ccc4)cc4c3sc3cc(CC(C)(C)C)ccc34)[c-]c3ccccc3c12.[Pt+2]. The standard InChI is InChI=1S/C48H40N2O2S.Pt/c1-47(2,3)27-29-18-20-36-40(22-29)52-45-38(25-31-12-7-8-15-34(31)43(36)45)44-46-37(35-19-17-30(23-41(35)53-46)28-48(4,5)6)26-42(50-44)51-33-14-11-13-32(24-33)39-16-9-10-21-49-39;/h7-23,26H,27-28H2,1-6H3;/q-2;+2. The Morgan fingerprint density at radius 2 is 1.44 bits per heavy atom. The van der Waals surface area contributed by atoms with Crippen LogP contribution in [0.3, 0.4) is 0 Å². The Morgan fingerprint density at radius 3 is 2.20 bits per heavy atom. The van der Waals surface area contributed by atoms with Crippen molar-refractivity contribution in [1.82, 2.24) is 9.97 Å². The molecule has 0 N–H and O–H groups in total. The minimum absolute atomic E-state index is 0. The molecule has 0 saturated heterocycles. The van der Waals surface area contributed by atoms with Crippen molar-refractivity contribution in [3.05, 3.63) is 133 Å². The molecule has 270 valence electrons. The van der Waals surface area contributed by atoms with E-state index in [1.54, 1.807) is 17.5 Å². The fraction of sp³-hybridized carbons (Fsp3) is 0.208. The minimum Gasteiger partial charge on any atom is -0.491 e. The van der Waals surface area contributed by atoms with E-state index in [4.69, 9.17) is 14.1 Å². The van der Waals surface area contributed by atoms with Crippen molar-refractivity contribution >= 4 is 64.2 Å². The maximum atomic E-state index is 6.90. The molecule has 4 aromatic heterocycles. The Balaban J connectivity index is 0.00000413. The van der Waals surface area contributed by atoms with E-state index in [9.17, 15) is 0 Å². The first kappa shape index (κ1) is 36.2. The van der Waals surface area contributed by atoms with E-state index in [1.165, 1.54) is 21.2 Å². The van der Waals surface area contributed by atoms with E-state index in [1.807, 2.05) is 36.4 Å². The molecule has 0 atom stereocenters. The van der Waals surface area contributed by atoms with Crippen LogP contribution in [-0.2, 0) is 33.9 Å². The quantitative estimate of drug-likeness (QED) is 0.156. The molecule has 4 nitrogen and oxygen atoms in total. The molecule has 0 aliphatic rings. The summed E-state index contributed by atoms with van der Waals surface area (Å²) < 4.78 is 15.8. The van der Waals surface area contributed by atoms with E-state index < -0.39 is 0 Å². The van der Waals surface area contributed by atoms with Crippen LogP contribution in [0.15, 0.2) is 114 Å². The van der Waals surface area contributed by atoms with E-state index >= 15 is 0 Å². The van der Waals surface area contributed by atoms with Crippen LogP contribution >= 0.6 is 11.3 Å². The Labute approximate surface area is 334 Å². The van der Waals surface area contributed by atoms with Gasteiger partial charge in [0.25, 0.3) is 0 Å². The van der Waals surface area contributed by atoms with Crippen molar-refractivity contribution in [2.24, 2.45) is 10.8 Å². The van der Waals surface area contributed by atoms with Crippen LogP contribution in [0, 0.1) is 23.0 Å². The Morgan fingerprint density at radius 1 is 0.704 bits per heavy atom. The molecule has 9 rings (SSSR count). The van der Waals surface area contributed by atoms with Gasteiger partial charge in [-0.3, -0.25) is 4.98 Å². The average Bonchev–Trinajstić information content (AvgIpc) is 3.68. The molecular formula is C48H40N2O2PtS. The number of thiophene rings is 1. The summed E-state index contributed by atoms with van der Waals surface area (Å²) in [5, 5.41) is 6.57. The van der Waals surface area contributed by atoms with Crippen LogP contribution in [0.2, 0.25) is 0 Å². The molecule has 0 unspecified atom stereocenters. The number of aromatic nitrogens is 2. The Bertz CT molecular complexity index is 2840. The molecule has 5 aromatic carbocycles. The van der Waals surface area contributed by atoms with E-state index in [0.29, 0.717) is 11.6 Å². The number of nitrogens with zero attached hydrogens (tertiary/aromatic N) is 2. The van der Waals surface area contributed by atoms with Gasteiger partial charge < -0.3 is 14.1 Å². The normalized spacial score (nSPS) is 12.3. The summed E-state index contributed by atoms with van der Waals surface area (Å²) in [7, 11) is 0. The molecule has 0 radical (unpaired) electrons. The van der Waals surface area contributed by atoms with Crippen molar-refractivity contribution in [2.75, 3.05) is 0 Å². The first-order valence-corrected chi connectivity index (χ1v) is 19.0. The van der Waals surface area contributed by atoms with Gasteiger partial charge >= 0.3 is 21.1 Å². The van der Waals surface area contributed by atoms with Gasteiger partial charge in [-0.15, -0.1) is 52.6 Å². The molecule has 0 amide bonds. The molecule has 0 aliphatic heterocycles. The average molecular weight is 904 g/mol. The van der Waals surface area contributed by atoms with Crippen LogP contribution < -0.4 is 4.74 Å². The molecule has 4 heterocycles. The van der Waals surface area contributed by atoms with Gasteiger partial charge in [0, 0.05) is 43.9 Å². The molecule has 0 bridgehead atoms. The van der Waals surface area contributed by atoms with E-state index in [-0.39, 0.29) is 31.9 Å². The van der Waals surface area contributed by atoms with Crippen LogP contribution in [0.25, 0.3) is 75.4 Å². The fourth-order valence-corrected chi connectivity index (χ4v) is 8.75. The van der Waals surface area contributed by atoms with Gasteiger partial charge in [-0.1, -0.05) is 113 Å². The number of pyridine rings is 2. The predicted molar refractivity (Wildman–Crippen MR) is 221 cm³/mol. The second kappa shape index (κ2) is 13.8. The van der Waals surface area contributed by atoms with Gasteiger partial charge in [-0.05, 0) is 69.5 Å². The summed E-state index contributed by atoms with van der Waals surface area (Å²) in [4.78, 5) is 9.83. The van der Waals surface area contributed by atoms with Crippen molar-refractivity contribution in [1.29, 1.82) is 0 Å². The summed E-state index contributed by atoms with van der Waals surface area (Å²) in [5.41, 5.74) is 7.89. The van der Waals surface area contributed by atoms with Gasteiger partial charge in [0.05, 0.1) is 5.58 Å². The fourth-order valence-electron chi connectivity index (χ4n) is 7.51. The van der Waals surface area contributed by atoms with Crippen molar-refractivity contribution in [2.45, 2.75) is 54.4 Å².